The van der Waals surface area contributed by atoms with Crippen LogP contribution >= 0.6 is 0 Å². The largest absolute Gasteiger partial charge is 0.508 e. The minimum atomic E-state index is -1.45. The van der Waals surface area contributed by atoms with Crippen LogP contribution in [-0.4, -0.2) is 35.6 Å². The number of phenols is 1. The summed E-state index contributed by atoms with van der Waals surface area (Å²) in [5, 5.41) is 29.2. The summed E-state index contributed by atoms with van der Waals surface area (Å²) in [6.07, 6.45) is 13.0. The summed E-state index contributed by atoms with van der Waals surface area (Å²) >= 11 is 0. The predicted octanol–water partition coefficient (Wildman–Crippen LogP) is 8.91. The van der Waals surface area contributed by atoms with Crippen molar-refractivity contribution in [3.63, 3.8) is 0 Å². The van der Waals surface area contributed by atoms with Gasteiger partial charge in [-0.25, -0.2) is 5.32 Å². The molecule has 0 fully saturated rings. The van der Waals surface area contributed by atoms with E-state index in [-0.39, 0.29) is 12.4 Å². The maximum atomic E-state index is 11.4. The van der Waals surface area contributed by atoms with Crippen molar-refractivity contribution in [3.05, 3.63) is 99.6 Å². The molecule has 0 spiro atoms. The van der Waals surface area contributed by atoms with Crippen LogP contribution in [0.1, 0.15) is 123 Å². The van der Waals surface area contributed by atoms with Gasteiger partial charge in [0.2, 0.25) is 0 Å². The molecule has 7 heteroatoms. The molecule has 48 heavy (non-hydrogen) atoms. The van der Waals surface area contributed by atoms with E-state index < -0.39 is 17.6 Å². The van der Waals surface area contributed by atoms with E-state index in [9.17, 15) is 10.2 Å². The number of aliphatic hydroxyl groups excluding tert-OH is 1. The first-order valence-corrected chi connectivity index (χ1v) is 18.2. The molecular weight excluding hydrogens is 598 g/mol. The van der Waals surface area contributed by atoms with Gasteiger partial charge in [-0.2, -0.15) is 4.99 Å². The molecule has 0 amide bonds. The van der Waals surface area contributed by atoms with E-state index in [1.54, 1.807) is 13.0 Å². The Bertz CT molecular complexity index is 1490. The zero-order chi connectivity index (χ0) is 34.6. The summed E-state index contributed by atoms with van der Waals surface area (Å²) in [4.78, 5) is 5.12. The number of benzene rings is 3. The second-order valence-electron chi connectivity index (χ2n) is 13.8. The number of aliphatic imine (C=N–C) groups is 1. The van der Waals surface area contributed by atoms with Crippen molar-refractivity contribution < 1.29 is 19.7 Å². The molecule has 7 nitrogen and oxygen atoms in total. The standard InChI is InChI=1S/C41H59N3O4/c1-7-8-9-10-11-12-13-14-15-16-19-26-47-39-42-40(37-20-17-18-21-38(37)46,35-24-22-30(2)27-32(35)4)44-41(43-39,48-29-34(6)45)36-25-23-31(3)28-33(36)5/h17-18,20-25,27-28,34,44-46H,7-16,19,26,29H2,1-6H3,(H,42,43). The summed E-state index contributed by atoms with van der Waals surface area (Å²) in [6, 6.07) is 20.1. The number of nitrogens with zero attached hydrogens (tertiary/aromatic N) is 1. The molecule has 0 bridgehead atoms. The third-order valence-electron chi connectivity index (χ3n) is 9.27. The van der Waals surface area contributed by atoms with E-state index in [1.807, 2.05) is 37.3 Å². The summed E-state index contributed by atoms with van der Waals surface area (Å²) in [6.45, 7) is 12.7. The molecule has 0 saturated heterocycles. The van der Waals surface area contributed by atoms with Gasteiger partial charge in [-0.1, -0.05) is 137 Å². The van der Waals surface area contributed by atoms with Gasteiger partial charge >= 0.3 is 0 Å². The minimum Gasteiger partial charge on any atom is -0.508 e. The number of phenolic OH excluding ortho intramolecular Hbond substituents is 1. The van der Waals surface area contributed by atoms with E-state index in [0.717, 1.165) is 46.2 Å². The number of aliphatic hydroxyl groups is 1. The number of rotatable bonds is 18. The Balaban J connectivity index is 1.68. The van der Waals surface area contributed by atoms with Gasteiger partial charge in [-0.05, 0) is 58.2 Å². The molecular formula is C41H59N3O4. The lowest BCUT2D eigenvalue weighted by Crippen LogP contribution is -2.68. The molecule has 3 atom stereocenters. The van der Waals surface area contributed by atoms with E-state index in [1.165, 1.54) is 57.8 Å². The predicted molar refractivity (Wildman–Crippen MR) is 196 cm³/mol. The van der Waals surface area contributed by atoms with Crippen molar-refractivity contribution >= 4 is 6.02 Å². The maximum Gasteiger partial charge on any atom is 0.290 e. The van der Waals surface area contributed by atoms with Gasteiger partial charge in [-0.3, -0.25) is 0 Å². The second kappa shape index (κ2) is 17.8. The van der Waals surface area contributed by atoms with Crippen molar-refractivity contribution in [2.45, 2.75) is 130 Å². The normalized spacial score (nSPS) is 19.9. The number of amidine groups is 1. The van der Waals surface area contributed by atoms with Crippen LogP contribution in [0.2, 0.25) is 0 Å². The fourth-order valence-electron chi connectivity index (χ4n) is 6.80. The summed E-state index contributed by atoms with van der Waals surface area (Å²) in [5.74, 6) is -1.33. The van der Waals surface area contributed by atoms with Crippen LogP contribution in [0.15, 0.2) is 65.7 Å². The quantitative estimate of drug-likeness (QED) is 0.102. The Morgan fingerprint density at radius 1 is 0.729 bits per heavy atom. The lowest BCUT2D eigenvalue weighted by molar-refractivity contribution is -0.121. The monoisotopic (exact) mass is 657 g/mol. The molecule has 0 saturated carbocycles. The van der Waals surface area contributed by atoms with Crippen molar-refractivity contribution in [2.75, 3.05) is 13.2 Å². The SMILES string of the molecule is CCCCCCCCCCCCCOC1=NC(OCC(C)O)(c2ccc(C)cc2C)NC(c2ccc(C)cc2C)(c2ccccc2O)N1. The summed E-state index contributed by atoms with van der Waals surface area (Å²) < 4.78 is 13.1. The number of aromatic hydroxyl groups is 1. The molecule has 3 aromatic carbocycles. The average Bonchev–Trinajstić information content (AvgIpc) is 3.04. The highest BCUT2D eigenvalue weighted by Gasteiger charge is 2.52. The fourth-order valence-corrected chi connectivity index (χ4v) is 6.80. The molecule has 4 N–H and O–H groups in total. The average molecular weight is 658 g/mol. The number of aryl methyl sites for hydroxylation is 4. The van der Waals surface area contributed by atoms with Crippen LogP contribution in [0.25, 0.3) is 0 Å². The van der Waals surface area contributed by atoms with Crippen LogP contribution in [0.5, 0.6) is 5.75 Å². The van der Waals surface area contributed by atoms with Crippen molar-refractivity contribution in [1.29, 1.82) is 0 Å². The van der Waals surface area contributed by atoms with E-state index in [2.05, 4.69) is 62.6 Å². The van der Waals surface area contributed by atoms with E-state index in [4.69, 9.17) is 14.5 Å². The first-order valence-electron chi connectivity index (χ1n) is 18.2. The summed E-state index contributed by atoms with van der Waals surface area (Å²) in [7, 11) is 0. The first kappa shape index (κ1) is 37.4. The topological polar surface area (TPSA) is 95.3 Å². The number of hydrogen-bond donors (Lipinski definition) is 4. The number of ether oxygens (including phenoxy) is 2. The Labute approximate surface area is 289 Å². The minimum absolute atomic E-state index is 0.0272. The van der Waals surface area contributed by atoms with Crippen molar-refractivity contribution in [1.82, 2.24) is 10.6 Å². The molecule has 1 aliphatic heterocycles. The fraction of sp³-hybridized carbons (Fsp3) is 0.537. The third kappa shape index (κ3) is 9.61. The van der Waals surface area contributed by atoms with Crippen LogP contribution in [0.3, 0.4) is 0 Å². The van der Waals surface area contributed by atoms with Crippen LogP contribution in [-0.2, 0) is 21.0 Å². The first-order chi connectivity index (χ1) is 23.1. The number of para-hydroxylation sites is 1. The van der Waals surface area contributed by atoms with Crippen LogP contribution in [0.4, 0.5) is 0 Å². The Hall–Kier alpha value is -3.39. The highest BCUT2D eigenvalue weighted by Crippen LogP contribution is 2.43. The van der Waals surface area contributed by atoms with E-state index in [0.29, 0.717) is 18.2 Å². The van der Waals surface area contributed by atoms with Gasteiger partial charge < -0.3 is 25.0 Å². The van der Waals surface area contributed by atoms with Gasteiger partial charge in [0.05, 0.1) is 19.3 Å². The molecule has 3 aromatic rings. The third-order valence-corrected chi connectivity index (χ3v) is 9.27. The molecule has 0 aromatic heterocycles. The van der Waals surface area contributed by atoms with Crippen molar-refractivity contribution in [2.24, 2.45) is 4.99 Å². The van der Waals surface area contributed by atoms with Crippen LogP contribution in [0, 0.1) is 27.7 Å². The number of unbranched alkanes of at least 4 members (excludes halogenated alkanes) is 10. The molecule has 1 heterocycles. The second-order valence-corrected chi connectivity index (χ2v) is 13.8. The highest BCUT2D eigenvalue weighted by molar-refractivity contribution is 5.78. The van der Waals surface area contributed by atoms with Gasteiger partial charge in [0, 0.05) is 16.7 Å². The lowest BCUT2D eigenvalue weighted by atomic mass is 9.84. The van der Waals surface area contributed by atoms with E-state index >= 15 is 0 Å². The van der Waals surface area contributed by atoms with Gasteiger partial charge in [0.15, 0.2) is 5.66 Å². The zero-order valence-corrected chi connectivity index (χ0v) is 30.2. The Morgan fingerprint density at radius 3 is 1.85 bits per heavy atom. The lowest BCUT2D eigenvalue weighted by Gasteiger charge is -2.48. The van der Waals surface area contributed by atoms with Crippen molar-refractivity contribution in [3.8, 4) is 5.75 Å². The smallest absolute Gasteiger partial charge is 0.290 e. The zero-order valence-electron chi connectivity index (χ0n) is 30.2. The Kier molecular flexibility index (Phi) is 13.9. The molecule has 4 rings (SSSR count). The summed E-state index contributed by atoms with van der Waals surface area (Å²) in [5.41, 5.74) is 5.36. The molecule has 3 unspecified atom stereocenters. The number of hydrogen-bond acceptors (Lipinski definition) is 7. The number of nitrogens with one attached hydrogen (secondary N) is 2. The van der Waals surface area contributed by atoms with Gasteiger partial charge in [0.1, 0.15) is 5.75 Å². The molecule has 0 aliphatic carbocycles. The van der Waals surface area contributed by atoms with Gasteiger partial charge in [-0.15, -0.1) is 0 Å². The Morgan fingerprint density at radius 2 is 1.29 bits per heavy atom. The molecule has 0 radical (unpaired) electrons. The maximum absolute atomic E-state index is 11.4. The molecule has 262 valence electrons. The molecule has 1 aliphatic rings. The van der Waals surface area contributed by atoms with Gasteiger partial charge in [0.25, 0.3) is 11.9 Å². The highest BCUT2D eigenvalue weighted by atomic mass is 16.5. The van der Waals surface area contributed by atoms with Crippen LogP contribution < -0.4 is 10.6 Å².